The number of aromatic nitrogens is 1. The summed E-state index contributed by atoms with van der Waals surface area (Å²) in [5.41, 5.74) is 0. The number of rotatable bonds is 9. The molecule has 0 aliphatic rings. The monoisotopic (exact) mass is 408 g/mol. The van der Waals surface area contributed by atoms with Crippen molar-refractivity contribution in [3.63, 3.8) is 0 Å². The van der Waals surface area contributed by atoms with E-state index in [0.717, 1.165) is 45.2 Å². The Morgan fingerprint density at radius 2 is 1.86 bits per heavy atom. The molecule has 0 aliphatic carbocycles. The van der Waals surface area contributed by atoms with Gasteiger partial charge in [0.05, 0.1) is 0 Å². The molecule has 2 N–H and O–H groups in total. The second kappa shape index (κ2) is 12.9. The molecule has 0 unspecified atom stereocenters. The summed E-state index contributed by atoms with van der Waals surface area (Å²) in [6, 6.07) is 4.06. The quantitative estimate of drug-likeness (QED) is 0.286. The van der Waals surface area contributed by atoms with Gasteiger partial charge in [0, 0.05) is 52.3 Å². The second-order valence-electron chi connectivity index (χ2n) is 5.17. The van der Waals surface area contributed by atoms with Gasteiger partial charge in [-0.3, -0.25) is 4.99 Å². The molecule has 0 fully saturated rings. The molecular weight excluding hydrogens is 379 g/mol. The predicted octanol–water partition coefficient (Wildman–Crippen LogP) is 2.33. The van der Waals surface area contributed by atoms with E-state index in [2.05, 4.69) is 46.4 Å². The van der Waals surface area contributed by atoms with Crippen LogP contribution in [0.3, 0.4) is 0 Å². The molecule has 0 saturated heterocycles. The summed E-state index contributed by atoms with van der Waals surface area (Å²) in [4.78, 5) is 4.20. The zero-order valence-corrected chi connectivity index (χ0v) is 15.7. The fourth-order valence-corrected chi connectivity index (χ4v) is 1.74. The molecule has 1 rings (SSSR count). The van der Waals surface area contributed by atoms with E-state index in [1.165, 1.54) is 0 Å². The topological polar surface area (TPSA) is 50.6 Å². The molecule has 0 amide bonds. The van der Waals surface area contributed by atoms with Crippen LogP contribution in [0.15, 0.2) is 29.5 Å². The lowest BCUT2D eigenvalue weighted by molar-refractivity contribution is 0.108. The number of hydrogen-bond acceptors (Lipinski definition) is 2. The molecule has 0 atom stereocenters. The molecule has 0 aliphatic heterocycles. The minimum absolute atomic E-state index is 0. The van der Waals surface area contributed by atoms with Crippen molar-refractivity contribution >= 4 is 29.9 Å². The average Bonchev–Trinajstić information content (AvgIpc) is 2.93. The van der Waals surface area contributed by atoms with E-state index in [1.54, 1.807) is 7.05 Å². The Kier molecular flexibility index (Phi) is 12.5. The summed E-state index contributed by atoms with van der Waals surface area (Å²) in [5.74, 6) is 1.45. The van der Waals surface area contributed by atoms with Gasteiger partial charge < -0.3 is 19.9 Å². The van der Waals surface area contributed by atoms with Crippen molar-refractivity contribution in [2.24, 2.45) is 10.9 Å². The molecular formula is C15H29IN4O. The van der Waals surface area contributed by atoms with Gasteiger partial charge in [-0.2, -0.15) is 0 Å². The van der Waals surface area contributed by atoms with Crippen molar-refractivity contribution in [1.82, 2.24) is 15.2 Å². The molecule has 1 heterocycles. The highest BCUT2D eigenvalue weighted by Gasteiger charge is 1.97. The normalized spacial score (nSPS) is 11.3. The number of guanidine groups is 1. The van der Waals surface area contributed by atoms with Crippen LogP contribution in [-0.2, 0) is 11.3 Å². The SMILES string of the molecule is CN=C(NCCCOCC(C)C)NCCn1cccc1.I. The first-order valence-electron chi connectivity index (χ1n) is 7.35. The maximum Gasteiger partial charge on any atom is 0.191 e. The highest BCUT2D eigenvalue weighted by atomic mass is 127. The van der Waals surface area contributed by atoms with E-state index >= 15 is 0 Å². The summed E-state index contributed by atoms with van der Waals surface area (Å²) < 4.78 is 7.68. The molecule has 1 aromatic rings. The van der Waals surface area contributed by atoms with Crippen molar-refractivity contribution in [2.45, 2.75) is 26.8 Å². The third-order valence-electron chi connectivity index (χ3n) is 2.76. The zero-order chi connectivity index (χ0) is 14.6. The fourth-order valence-electron chi connectivity index (χ4n) is 1.74. The fraction of sp³-hybridized carbons (Fsp3) is 0.667. The van der Waals surface area contributed by atoms with E-state index in [-0.39, 0.29) is 24.0 Å². The van der Waals surface area contributed by atoms with E-state index in [9.17, 15) is 0 Å². The molecule has 0 radical (unpaired) electrons. The lowest BCUT2D eigenvalue weighted by Crippen LogP contribution is -2.39. The van der Waals surface area contributed by atoms with Crippen molar-refractivity contribution in [1.29, 1.82) is 0 Å². The van der Waals surface area contributed by atoms with Gasteiger partial charge in [0.15, 0.2) is 5.96 Å². The minimum atomic E-state index is 0. The van der Waals surface area contributed by atoms with Crippen LogP contribution < -0.4 is 10.6 Å². The first-order chi connectivity index (χ1) is 9.72. The third kappa shape index (κ3) is 10.6. The Morgan fingerprint density at radius 1 is 1.19 bits per heavy atom. The Balaban J connectivity index is 0.00000400. The lowest BCUT2D eigenvalue weighted by atomic mass is 10.2. The summed E-state index contributed by atoms with van der Waals surface area (Å²) in [6.07, 6.45) is 5.11. The van der Waals surface area contributed by atoms with Gasteiger partial charge in [-0.15, -0.1) is 24.0 Å². The largest absolute Gasteiger partial charge is 0.381 e. The van der Waals surface area contributed by atoms with Gasteiger partial charge >= 0.3 is 0 Å². The van der Waals surface area contributed by atoms with Crippen LogP contribution in [0.2, 0.25) is 0 Å². The van der Waals surface area contributed by atoms with Crippen molar-refractivity contribution in [3.8, 4) is 0 Å². The molecule has 5 nitrogen and oxygen atoms in total. The standard InChI is InChI=1S/C15H28N4O.HI/c1-14(2)13-20-12-6-7-17-15(16-3)18-8-11-19-9-4-5-10-19;/h4-5,9-10,14H,6-8,11-13H2,1-3H3,(H2,16,17,18);1H. The molecule has 21 heavy (non-hydrogen) atoms. The molecule has 0 bridgehead atoms. The van der Waals surface area contributed by atoms with Crippen LogP contribution in [0.25, 0.3) is 0 Å². The van der Waals surface area contributed by atoms with E-state index in [4.69, 9.17) is 4.74 Å². The average molecular weight is 408 g/mol. The Labute approximate surface area is 145 Å². The minimum Gasteiger partial charge on any atom is -0.381 e. The smallest absolute Gasteiger partial charge is 0.191 e. The van der Waals surface area contributed by atoms with Crippen molar-refractivity contribution < 1.29 is 4.74 Å². The highest BCUT2D eigenvalue weighted by Crippen LogP contribution is 1.93. The van der Waals surface area contributed by atoms with Gasteiger partial charge in [-0.05, 0) is 24.5 Å². The van der Waals surface area contributed by atoms with Crippen molar-refractivity contribution in [3.05, 3.63) is 24.5 Å². The van der Waals surface area contributed by atoms with Crippen LogP contribution in [0.1, 0.15) is 20.3 Å². The molecule has 122 valence electrons. The van der Waals surface area contributed by atoms with Crippen molar-refractivity contribution in [2.75, 3.05) is 33.4 Å². The van der Waals surface area contributed by atoms with Gasteiger partial charge in [-0.1, -0.05) is 13.8 Å². The third-order valence-corrected chi connectivity index (χ3v) is 2.76. The summed E-state index contributed by atoms with van der Waals surface area (Å²) in [6.45, 7) is 8.63. The van der Waals surface area contributed by atoms with Crippen LogP contribution in [0.5, 0.6) is 0 Å². The summed E-state index contributed by atoms with van der Waals surface area (Å²) in [7, 11) is 1.79. The van der Waals surface area contributed by atoms with Crippen LogP contribution >= 0.6 is 24.0 Å². The maximum atomic E-state index is 5.54. The first kappa shape index (κ1) is 20.2. The Morgan fingerprint density at radius 3 is 2.48 bits per heavy atom. The predicted molar refractivity (Wildman–Crippen MR) is 99.5 cm³/mol. The van der Waals surface area contributed by atoms with Gasteiger partial charge in [0.1, 0.15) is 0 Å². The van der Waals surface area contributed by atoms with Crippen LogP contribution in [-0.4, -0.2) is 43.9 Å². The Bertz CT molecular complexity index is 366. The molecule has 6 heteroatoms. The summed E-state index contributed by atoms with van der Waals surface area (Å²) in [5, 5.41) is 6.58. The van der Waals surface area contributed by atoms with Crippen LogP contribution in [0, 0.1) is 5.92 Å². The number of halogens is 1. The maximum absolute atomic E-state index is 5.54. The van der Waals surface area contributed by atoms with Gasteiger partial charge in [-0.25, -0.2) is 0 Å². The molecule has 0 saturated carbocycles. The molecule has 0 aromatic carbocycles. The lowest BCUT2D eigenvalue weighted by Gasteiger charge is -2.12. The van der Waals surface area contributed by atoms with E-state index in [0.29, 0.717) is 5.92 Å². The number of nitrogens with zero attached hydrogens (tertiary/aromatic N) is 2. The van der Waals surface area contributed by atoms with E-state index in [1.807, 2.05) is 12.1 Å². The molecule has 0 spiro atoms. The highest BCUT2D eigenvalue weighted by molar-refractivity contribution is 14.0. The van der Waals surface area contributed by atoms with Gasteiger partial charge in [0.25, 0.3) is 0 Å². The number of hydrogen-bond donors (Lipinski definition) is 2. The molecule has 1 aromatic heterocycles. The van der Waals surface area contributed by atoms with E-state index < -0.39 is 0 Å². The second-order valence-corrected chi connectivity index (χ2v) is 5.17. The van der Waals surface area contributed by atoms with Gasteiger partial charge in [0.2, 0.25) is 0 Å². The zero-order valence-electron chi connectivity index (χ0n) is 13.3. The van der Waals surface area contributed by atoms with Crippen LogP contribution in [0.4, 0.5) is 0 Å². The first-order valence-corrected chi connectivity index (χ1v) is 7.35. The summed E-state index contributed by atoms with van der Waals surface area (Å²) >= 11 is 0. The number of nitrogens with one attached hydrogen (secondary N) is 2. The Hall–Kier alpha value is -0.760. The number of aliphatic imine (C=N–C) groups is 1. The number of ether oxygens (including phenoxy) is 1.